The van der Waals surface area contributed by atoms with Crippen molar-refractivity contribution in [2.45, 2.75) is 0 Å². The molecule has 4 N–H and O–H groups in total. The van der Waals surface area contributed by atoms with Gasteiger partial charge < -0.3 is 20.4 Å². The molecule has 8 nitrogen and oxygen atoms in total. The number of carboxylic acid groups (broad SMARTS) is 4. The predicted molar refractivity (Wildman–Crippen MR) is 76.8 cm³/mol. The van der Waals surface area contributed by atoms with Gasteiger partial charge in [-0.2, -0.15) is 0 Å². The summed E-state index contributed by atoms with van der Waals surface area (Å²) in [5, 5.41) is 36.2. The molecule has 0 heterocycles. The summed E-state index contributed by atoms with van der Waals surface area (Å²) in [5.41, 5.74) is -3.96. The molecule has 0 saturated heterocycles. The maximum atomic E-state index is 11.5. The van der Waals surface area contributed by atoms with Gasteiger partial charge in [0.1, 0.15) is 0 Å². The van der Waals surface area contributed by atoms with E-state index in [0.717, 1.165) is 6.07 Å². The minimum Gasteiger partial charge on any atom is -0.478 e. The lowest BCUT2D eigenvalue weighted by atomic mass is 9.88. The van der Waals surface area contributed by atoms with E-state index in [2.05, 4.69) is 0 Å². The minimum absolute atomic E-state index is 0.207. The van der Waals surface area contributed by atoms with E-state index in [-0.39, 0.29) is 15.8 Å². The number of hydrogen-bond donors (Lipinski definition) is 4. The number of halogens is 1. The zero-order chi connectivity index (χ0) is 17.5. The largest absolute Gasteiger partial charge is 0.478 e. The molecular formula is C14H7ClO8. The normalized spacial score (nSPS) is 10.5. The van der Waals surface area contributed by atoms with Crippen LogP contribution in [0.3, 0.4) is 0 Å². The third-order valence-corrected chi connectivity index (χ3v) is 3.45. The summed E-state index contributed by atoms with van der Waals surface area (Å²) >= 11 is 5.89. The molecule has 0 aliphatic heterocycles. The molecule has 0 atom stereocenters. The fraction of sp³-hybridized carbons (Fsp3) is 0. The lowest BCUT2D eigenvalue weighted by Crippen LogP contribution is -2.20. The second kappa shape index (κ2) is 5.58. The summed E-state index contributed by atoms with van der Waals surface area (Å²) in [7, 11) is 0. The van der Waals surface area contributed by atoms with E-state index in [0.29, 0.717) is 0 Å². The second-order valence-electron chi connectivity index (χ2n) is 4.38. The molecule has 0 amide bonds. The van der Waals surface area contributed by atoms with Gasteiger partial charge in [0.15, 0.2) is 0 Å². The summed E-state index contributed by atoms with van der Waals surface area (Å²) < 4.78 is 0. The van der Waals surface area contributed by atoms with Gasteiger partial charge in [-0.05, 0) is 11.5 Å². The minimum atomic E-state index is -1.89. The van der Waals surface area contributed by atoms with Crippen LogP contribution in [0.4, 0.5) is 0 Å². The summed E-state index contributed by atoms with van der Waals surface area (Å²) in [6.45, 7) is 0. The molecular weight excluding hydrogens is 332 g/mol. The quantitative estimate of drug-likeness (QED) is 0.663. The molecule has 2 aromatic rings. The molecule has 0 saturated carbocycles. The van der Waals surface area contributed by atoms with Gasteiger partial charge in [-0.25, -0.2) is 19.2 Å². The molecule has 9 heteroatoms. The van der Waals surface area contributed by atoms with E-state index in [9.17, 15) is 39.6 Å². The van der Waals surface area contributed by atoms with Gasteiger partial charge >= 0.3 is 23.9 Å². The number of aromatic carboxylic acids is 4. The van der Waals surface area contributed by atoms with Crippen molar-refractivity contribution in [3.63, 3.8) is 0 Å². The van der Waals surface area contributed by atoms with Crippen LogP contribution in [0.2, 0.25) is 5.02 Å². The maximum absolute atomic E-state index is 11.5. The molecule has 23 heavy (non-hydrogen) atoms. The SMILES string of the molecule is O=C(O)c1c(C(=O)O)c(C(=O)O)c2c(Cl)cccc2c1C(=O)O. The van der Waals surface area contributed by atoms with Gasteiger partial charge in [0.25, 0.3) is 0 Å². The Morgan fingerprint density at radius 3 is 1.57 bits per heavy atom. The number of carboxylic acids is 4. The van der Waals surface area contributed by atoms with E-state index in [1.54, 1.807) is 0 Å². The van der Waals surface area contributed by atoms with Crippen LogP contribution in [0.15, 0.2) is 18.2 Å². The Morgan fingerprint density at radius 2 is 1.13 bits per heavy atom. The average Bonchev–Trinajstić information content (AvgIpc) is 2.44. The molecule has 0 bridgehead atoms. The highest BCUT2D eigenvalue weighted by Gasteiger charge is 2.33. The Labute approximate surface area is 132 Å². The van der Waals surface area contributed by atoms with Crippen LogP contribution in [0.25, 0.3) is 10.8 Å². The summed E-state index contributed by atoms with van der Waals surface area (Å²) in [4.78, 5) is 45.8. The van der Waals surface area contributed by atoms with Crippen molar-refractivity contribution in [1.82, 2.24) is 0 Å². The first-order chi connectivity index (χ1) is 10.7. The summed E-state index contributed by atoms with van der Waals surface area (Å²) in [5.74, 6) is -7.21. The molecule has 2 aromatic carbocycles. The Bertz CT molecular complexity index is 900. The molecule has 0 aliphatic rings. The van der Waals surface area contributed by atoms with Crippen molar-refractivity contribution >= 4 is 46.3 Å². The first kappa shape index (κ1) is 16.2. The van der Waals surface area contributed by atoms with Crippen molar-refractivity contribution in [3.8, 4) is 0 Å². The highest BCUT2D eigenvalue weighted by Crippen LogP contribution is 2.35. The highest BCUT2D eigenvalue weighted by atomic mass is 35.5. The Kier molecular flexibility index (Phi) is 3.94. The van der Waals surface area contributed by atoms with E-state index >= 15 is 0 Å². The maximum Gasteiger partial charge on any atom is 0.337 e. The molecule has 0 unspecified atom stereocenters. The third-order valence-electron chi connectivity index (χ3n) is 3.14. The van der Waals surface area contributed by atoms with E-state index in [1.165, 1.54) is 12.1 Å². The number of benzene rings is 2. The van der Waals surface area contributed by atoms with E-state index in [4.69, 9.17) is 11.6 Å². The lowest BCUT2D eigenvalue weighted by Gasteiger charge is -2.15. The van der Waals surface area contributed by atoms with Crippen molar-refractivity contribution in [3.05, 3.63) is 45.5 Å². The van der Waals surface area contributed by atoms with Crippen LogP contribution in [0, 0.1) is 0 Å². The van der Waals surface area contributed by atoms with Crippen LogP contribution in [0.5, 0.6) is 0 Å². The fourth-order valence-corrected chi connectivity index (χ4v) is 2.63. The van der Waals surface area contributed by atoms with Gasteiger partial charge in [0.05, 0.1) is 22.3 Å². The van der Waals surface area contributed by atoms with Gasteiger partial charge in [-0.3, -0.25) is 0 Å². The molecule has 0 aliphatic carbocycles. The van der Waals surface area contributed by atoms with Gasteiger partial charge in [0.2, 0.25) is 0 Å². The highest BCUT2D eigenvalue weighted by molar-refractivity contribution is 6.38. The summed E-state index contributed by atoms with van der Waals surface area (Å²) in [6, 6.07) is 3.71. The van der Waals surface area contributed by atoms with Crippen molar-refractivity contribution < 1.29 is 39.6 Å². The molecule has 0 radical (unpaired) electrons. The monoisotopic (exact) mass is 338 g/mol. The predicted octanol–water partition coefficient (Wildman–Crippen LogP) is 2.29. The average molecular weight is 339 g/mol. The van der Waals surface area contributed by atoms with Crippen LogP contribution in [-0.4, -0.2) is 44.3 Å². The zero-order valence-electron chi connectivity index (χ0n) is 11.0. The third kappa shape index (κ3) is 2.44. The topological polar surface area (TPSA) is 149 Å². The number of carbonyl (C=O) groups is 4. The van der Waals surface area contributed by atoms with Crippen LogP contribution >= 0.6 is 11.6 Å². The smallest absolute Gasteiger partial charge is 0.337 e. The van der Waals surface area contributed by atoms with Gasteiger partial charge in [0, 0.05) is 10.4 Å². The standard InChI is InChI=1S/C14H7ClO8/c15-5-3-1-2-4-6(5)8(12(18)19)10(14(22)23)9(13(20)21)7(4)11(16)17/h1-3H,(H,16,17)(H,18,19)(H,20,21)(H,22,23). The van der Waals surface area contributed by atoms with Gasteiger partial charge in [-0.15, -0.1) is 0 Å². The van der Waals surface area contributed by atoms with E-state index in [1.807, 2.05) is 0 Å². The van der Waals surface area contributed by atoms with Gasteiger partial charge in [-0.1, -0.05) is 23.7 Å². The Balaban J connectivity index is 3.32. The first-order valence-corrected chi connectivity index (χ1v) is 6.27. The fourth-order valence-electron chi connectivity index (χ4n) is 2.36. The first-order valence-electron chi connectivity index (χ1n) is 5.89. The second-order valence-corrected chi connectivity index (χ2v) is 4.79. The van der Waals surface area contributed by atoms with Crippen LogP contribution in [-0.2, 0) is 0 Å². The lowest BCUT2D eigenvalue weighted by molar-refractivity contribution is 0.0621. The van der Waals surface area contributed by atoms with Crippen molar-refractivity contribution in [2.24, 2.45) is 0 Å². The summed E-state index contributed by atoms with van der Waals surface area (Å²) in [6.07, 6.45) is 0. The number of fused-ring (bicyclic) bond motifs is 1. The van der Waals surface area contributed by atoms with Crippen LogP contribution < -0.4 is 0 Å². The van der Waals surface area contributed by atoms with Crippen molar-refractivity contribution in [1.29, 1.82) is 0 Å². The zero-order valence-corrected chi connectivity index (χ0v) is 11.8. The molecule has 118 valence electrons. The molecule has 0 spiro atoms. The van der Waals surface area contributed by atoms with Crippen molar-refractivity contribution in [2.75, 3.05) is 0 Å². The Morgan fingerprint density at radius 1 is 0.696 bits per heavy atom. The number of hydrogen-bond acceptors (Lipinski definition) is 4. The molecule has 0 fully saturated rings. The Hall–Kier alpha value is -3.13. The molecule has 0 aromatic heterocycles. The number of rotatable bonds is 4. The molecule has 2 rings (SSSR count). The van der Waals surface area contributed by atoms with Crippen LogP contribution in [0.1, 0.15) is 41.4 Å². The van der Waals surface area contributed by atoms with E-state index < -0.39 is 46.1 Å².